The molecule has 0 fully saturated rings. The molecule has 0 amide bonds. The fraction of sp³-hybridized carbons (Fsp3) is 0.400. The third kappa shape index (κ3) is 3.89. The lowest BCUT2D eigenvalue weighted by Crippen LogP contribution is -2.20. The topological polar surface area (TPSA) is 59.4 Å². The zero-order valence-electron chi connectivity index (χ0n) is 9.33. The molecular weight excluding hydrogens is 251 g/mol. The standard InChI is InChI=1S/C10H12F2NO3P/c1-6-3-7(9(14)15)4-13-8(6)16-5-10(11,12)17-2/h3-4,17H,5H2,1-2H3,(H,14,15). The van der Waals surface area contributed by atoms with E-state index >= 15 is 0 Å². The number of aromatic nitrogens is 1. The third-order valence-corrected chi connectivity index (χ3v) is 2.91. The second kappa shape index (κ2) is 5.36. The van der Waals surface area contributed by atoms with Crippen LogP contribution in [0, 0.1) is 6.92 Å². The number of halogens is 2. The number of pyridine rings is 1. The van der Waals surface area contributed by atoms with Gasteiger partial charge in [-0.15, -0.1) is 0 Å². The Labute approximate surface area is 98.8 Å². The van der Waals surface area contributed by atoms with Crippen molar-refractivity contribution in [1.82, 2.24) is 4.98 Å². The van der Waals surface area contributed by atoms with E-state index in [1.54, 1.807) is 6.92 Å². The van der Waals surface area contributed by atoms with Crippen LogP contribution in [0.15, 0.2) is 12.3 Å². The van der Waals surface area contributed by atoms with Crippen LogP contribution in [-0.2, 0) is 0 Å². The number of hydrogen-bond acceptors (Lipinski definition) is 3. The summed E-state index contributed by atoms with van der Waals surface area (Å²) >= 11 is 0. The van der Waals surface area contributed by atoms with Crippen molar-refractivity contribution >= 4 is 14.6 Å². The molecule has 0 bridgehead atoms. The minimum absolute atomic E-state index is 0.000947. The van der Waals surface area contributed by atoms with E-state index in [1.807, 2.05) is 0 Å². The number of carbonyl (C=O) groups is 1. The Hall–Kier alpha value is -1.29. The van der Waals surface area contributed by atoms with Gasteiger partial charge in [-0.1, -0.05) is 0 Å². The first-order valence-electron chi connectivity index (χ1n) is 4.75. The van der Waals surface area contributed by atoms with Gasteiger partial charge >= 0.3 is 5.97 Å². The van der Waals surface area contributed by atoms with E-state index < -0.39 is 26.8 Å². The Bertz CT molecular complexity index is 426. The molecule has 0 saturated carbocycles. The Morgan fingerprint density at radius 1 is 1.65 bits per heavy atom. The van der Waals surface area contributed by atoms with Gasteiger partial charge in [0.15, 0.2) is 6.61 Å². The third-order valence-electron chi connectivity index (χ3n) is 2.03. The lowest BCUT2D eigenvalue weighted by atomic mass is 10.2. The van der Waals surface area contributed by atoms with Crippen LogP contribution >= 0.6 is 8.58 Å². The zero-order chi connectivity index (χ0) is 13.1. The van der Waals surface area contributed by atoms with Crippen LogP contribution in [0.25, 0.3) is 0 Å². The molecule has 17 heavy (non-hydrogen) atoms. The summed E-state index contributed by atoms with van der Waals surface area (Å²) in [5, 5.41) is 8.70. The fourth-order valence-corrected chi connectivity index (χ4v) is 1.28. The average molecular weight is 263 g/mol. The van der Waals surface area contributed by atoms with Crippen LogP contribution in [0.2, 0.25) is 0 Å². The summed E-state index contributed by atoms with van der Waals surface area (Å²) in [4.78, 5) is 14.3. The molecule has 0 aliphatic carbocycles. The highest BCUT2D eigenvalue weighted by atomic mass is 31.1. The van der Waals surface area contributed by atoms with Crippen molar-refractivity contribution in [3.05, 3.63) is 23.4 Å². The predicted octanol–water partition coefficient (Wildman–Crippen LogP) is 2.37. The Morgan fingerprint density at radius 3 is 2.76 bits per heavy atom. The zero-order valence-corrected chi connectivity index (χ0v) is 10.3. The predicted molar refractivity (Wildman–Crippen MR) is 60.6 cm³/mol. The van der Waals surface area contributed by atoms with E-state index in [2.05, 4.69) is 4.98 Å². The van der Waals surface area contributed by atoms with Crippen molar-refractivity contribution in [3.63, 3.8) is 0 Å². The maximum absolute atomic E-state index is 12.9. The van der Waals surface area contributed by atoms with E-state index in [0.717, 1.165) is 6.20 Å². The van der Waals surface area contributed by atoms with Gasteiger partial charge in [0.05, 0.1) is 5.56 Å². The van der Waals surface area contributed by atoms with Gasteiger partial charge in [-0.3, -0.25) is 0 Å². The Kier molecular flexibility index (Phi) is 4.34. The molecule has 0 radical (unpaired) electrons. The molecule has 0 spiro atoms. The number of aryl methyl sites for hydroxylation is 1. The van der Waals surface area contributed by atoms with Crippen LogP contribution in [0.4, 0.5) is 8.78 Å². The maximum Gasteiger partial charge on any atom is 0.337 e. The Morgan fingerprint density at radius 2 is 2.29 bits per heavy atom. The monoisotopic (exact) mass is 263 g/mol. The van der Waals surface area contributed by atoms with Crippen LogP contribution in [0.3, 0.4) is 0 Å². The van der Waals surface area contributed by atoms with Crippen molar-refractivity contribution in [2.75, 3.05) is 13.3 Å². The van der Waals surface area contributed by atoms with Gasteiger partial charge < -0.3 is 9.84 Å². The molecule has 1 N–H and O–H groups in total. The van der Waals surface area contributed by atoms with Crippen molar-refractivity contribution in [1.29, 1.82) is 0 Å². The first kappa shape index (κ1) is 13.8. The van der Waals surface area contributed by atoms with E-state index in [-0.39, 0.29) is 11.4 Å². The van der Waals surface area contributed by atoms with Crippen molar-refractivity contribution < 1.29 is 23.4 Å². The molecule has 1 heterocycles. The molecule has 1 rings (SSSR count). The number of carboxylic acid groups (broad SMARTS) is 1. The quantitative estimate of drug-likeness (QED) is 0.828. The molecule has 1 atom stereocenters. The van der Waals surface area contributed by atoms with Gasteiger partial charge in [0.25, 0.3) is 5.66 Å². The smallest absolute Gasteiger partial charge is 0.337 e. The number of ether oxygens (including phenoxy) is 1. The molecule has 0 aliphatic rings. The highest BCUT2D eigenvalue weighted by molar-refractivity contribution is 7.38. The van der Waals surface area contributed by atoms with Gasteiger partial charge in [-0.25, -0.2) is 9.78 Å². The lowest BCUT2D eigenvalue weighted by Gasteiger charge is -2.15. The first-order chi connectivity index (χ1) is 7.85. The van der Waals surface area contributed by atoms with Crippen molar-refractivity contribution in [2.24, 2.45) is 0 Å². The average Bonchev–Trinajstić information content (AvgIpc) is 2.27. The van der Waals surface area contributed by atoms with Gasteiger partial charge in [-0.2, -0.15) is 8.78 Å². The second-order valence-electron chi connectivity index (χ2n) is 3.39. The molecule has 4 nitrogen and oxygen atoms in total. The van der Waals surface area contributed by atoms with Crippen LogP contribution in [0.5, 0.6) is 5.88 Å². The molecule has 1 unspecified atom stereocenters. The normalized spacial score (nSPS) is 12.0. The van der Waals surface area contributed by atoms with Crippen LogP contribution < -0.4 is 4.74 Å². The summed E-state index contributed by atoms with van der Waals surface area (Å²) in [6.07, 6.45) is 1.08. The molecule has 7 heteroatoms. The minimum Gasteiger partial charge on any atom is -0.478 e. The SMILES string of the molecule is CPC(F)(F)COc1ncc(C(=O)O)cc1C. The number of nitrogens with zero attached hydrogens (tertiary/aromatic N) is 1. The summed E-state index contributed by atoms with van der Waals surface area (Å²) in [5.74, 6) is -1.08. The van der Waals surface area contributed by atoms with E-state index in [4.69, 9.17) is 9.84 Å². The molecule has 1 aromatic heterocycles. The summed E-state index contributed by atoms with van der Waals surface area (Å²) < 4.78 is 30.8. The number of rotatable bonds is 5. The van der Waals surface area contributed by atoms with Gasteiger partial charge in [0.1, 0.15) is 0 Å². The van der Waals surface area contributed by atoms with Crippen molar-refractivity contribution in [3.8, 4) is 5.88 Å². The number of hydrogen-bond donors (Lipinski definition) is 1. The summed E-state index contributed by atoms with van der Waals surface area (Å²) in [6.45, 7) is 2.19. The molecule has 0 aromatic carbocycles. The fourth-order valence-electron chi connectivity index (χ4n) is 1.06. The molecule has 1 aromatic rings. The lowest BCUT2D eigenvalue weighted by molar-refractivity contribution is 0.0418. The van der Waals surface area contributed by atoms with Crippen molar-refractivity contribution in [2.45, 2.75) is 12.6 Å². The van der Waals surface area contributed by atoms with E-state index in [9.17, 15) is 13.6 Å². The molecule has 0 saturated heterocycles. The highest BCUT2D eigenvalue weighted by Gasteiger charge is 2.27. The van der Waals surface area contributed by atoms with E-state index in [1.165, 1.54) is 12.7 Å². The number of carboxylic acids is 1. The van der Waals surface area contributed by atoms with Gasteiger partial charge in [-0.05, 0) is 28.2 Å². The highest BCUT2D eigenvalue weighted by Crippen LogP contribution is 2.32. The largest absolute Gasteiger partial charge is 0.478 e. The summed E-state index contributed by atoms with van der Waals surface area (Å²) in [6, 6.07) is 1.33. The summed E-state index contributed by atoms with van der Waals surface area (Å²) in [7, 11) is -0.554. The Balaban J connectivity index is 2.77. The molecular formula is C10H12F2NO3P. The molecule has 0 aliphatic heterocycles. The van der Waals surface area contributed by atoms with Crippen LogP contribution in [-0.4, -0.2) is 35.0 Å². The maximum atomic E-state index is 12.9. The molecule has 94 valence electrons. The second-order valence-corrected chi connectivity index (χ2v) is 4.63. The number of aromatic carboxylic acids is 1. The van der Waals surface area contributed by atoms with Gasteiger partial charge in [0, 0.05) is 11.8 Å². The first-order valence-corrected chi connectivity index (χ1v) is 6.25. The number of alkyl halides is 2. The van der Waals surface area contributed by atoms with E-state index in [0.29, 0.717) is 5.56 Å². The van der Waals surface area contributed by atoms with Gasteiger partial charge in [0.2, 0.25) is 5.88 Å². The summed E-state index contributed by atoms with van der Waals surface area (Å²) in [5.41, 5.74) is -2.46. The van der Waals surface area contributed by atoms with Crippen LogP contribution in [0.1, 0.15) is 15.9 Å². The minimum atomic E-state index is -2.88.